The first-order valence-electron chi connectivity index (χ1n) is 5.95. The smallest absolute Gasteiger partial charge is 0.257 e. The summed E-state index contributed by atoms with van der Waals surface area (Å²) in [6.07, 6.45) is 3.02. The Morgan fingerprint density at radius 3 is 2.95 bits per heavy atom. The first-order chi connectivity index (χ1) is 9.63. The Labute approximate surface area is 124 Å². The number of amides is 1. The fraction of sp³-hybridized carbons (Fsp3) is 0.231. The van der Waals surface area contributed by atoms with Crippen molar-refractivity contribution in [3.8, 4) is 0 Å². The van der Waals surface area contributed by atoms with Gasteiger partial charge in [0.25, 0.3) is 5.91 Å². The van der Waals surface area contributed by atoms with Crippen LogP contribution in [0.4, 0.5) is 0 Å². The number of rotatable bonds is 5. The largest absolute Gasteiger partial charge is 0.396 e. The summed E-state index contributed by atoms with van der Waals surface area (Å²) in [5.41, 5.74) is -0.561. The summed E-state index contributed by atoms with van der Waals surface area (Å²) in [6.45, 7) is -0.0608. The minimum atomic E-state index is -0.517. The lowest BCUT2D eigenvalue weighted by Crippen LogP contribution is -2.32. The van der Waals surface area contributed by atoms with E-state index in [9.17, 15) is 9.59 Å². The average Bonchev–Trinajstić information content (AvgIpc) is 2.95. The lowest BCUT2D eigenvalue weighted by molar-refractivity contribution is 0.0929. The standard InChI is InChI=1S/C13H13ClN2O3S/c14-9-7-15-6-8(12(9)18)13(19)16-10(3-4-17)11-2-1-5-20-11/h1-2,5-7,10,17H,3-4H2,(H,15,18)(H,16,19). The summed E-state index contributed by atoms with van der Waals surface area (Å²) in [4.78, 5) is 27.5. The number of pyridine rings is 1. The van der Waals surface area contributed by atoms with Gasteiger partial charge in [0.05, 0.1) is 6.04 Å². The van der Waals surface area contributed by atoms with Gasteiger partial charge in [-0.3, -0.25) is 9.59 Å². The van der Waals surface area contributed by atoms with E-state index in [2.05, 4.69) is 10.3 Å². The van der Waals surface area contributed by atoms with E-state index in [1.54, 1.807) is 0 Å². The normalized spacial score (nSPS) is 12.1. The van der Waals surface area contributed by atoms with Crippen LogP contribution in [-0.2, 0) is 0 Å². The van der Waals surface area contributed by atoms with Gasteiger partial charge in [-0.05, 0) is 17.9 Å². The van der Waals surface area contributed by atoms with E-state index >= 15 is 0 Å². The molecule has 106 valence electrons. The van der Waals surface area contributed by atoms with E-state index in [0.29, 0.717) is 6.42 Å². The number of aromatic amines is 1. The van der Waals surface area contributed by atoms with Crippen LogP contribution >= 0.6 is 22.9 Å². The minimum Gasteiger partial charge on any atom is -0.396 e. The van der Waals surface area contributed by atoms with Crippen molar-refractivity contribution in [1.82, 2.24) is 10.3 Å². The highest BCUT2D eigenvalue weighted by atomic mass is 35.5. The molecule has 2 aromatic rings. The summed E-state index contributed by atoms with van der Waals surface area (Å²) in [5.74, 6) is -0.513. The fourth-order valence-corrected chi connectivity index (χ4v) is 2.74. The number of halogens is 1. The van der Waals surface area contributed by atoms with Crippen molar-refractivity contribution in [3.63, 3.8) is 0 Å². The SMILES string of the molecule is O=C(NC(CCO)c1cccs1)c1c[nH]cc(Cl)c1=O. The van der Waals surface area contributed by atoms with Crippen molar-refractivity contribution >= 4 is 28.8 Å². The van der Waals surface area contributed by atoms with Crippen LogP contribution in [0.3, 0.4) is 0 Å². The highest BCUT2D eigenvalue weighted by molar-refractivity contribution is 7.10. The van der Waals surface area contributed by atoms with Crippen molar-refractivity contribution in [2.75, 3.05) is 6.61 Å². The van der Waals surface area contributed by atoms with Gasteiger partial charge in [0, 0.05) is 23.9 Å². The van der Waals surface area contributed by atoms with Gasteiger partial charge in [0.15, 0.2) is 0 Å². The first kappa shape index (κ1) is 14.8. The van der Waals surface area contributed by atoms with Crippen LogP contribution in [-0.4, -0.2) is 22.6 Å². The van der Waals surface area contributed by atoms with E-state index < -0.39 is 11.3 Å². The Bertz CT molecular complexity index is 639. The third-order valence-corrected chi connectivity index (χ3v) is 4.02. The molecule has 0 aliphatic carbocycles. The second-order valence-corrected chi connectivity index (χ2v) is 5.49. The Hall–Kier alpha value is -1.63. The third kappa shape index (κ3) is 3.27. The van der Waals surface area contributed by atoms with Gasteiger partial charge >= 0.3 is 0 Å². The second-order valence-electron chi connectivity index (χ2n) is 4.10. The van der Waals surface area contributed by atoms with Gasteiger partial charge in [-0.15, -0.1) is 11.3 Å². The summed E-state index contributed by atoms with van der Waals surface area (Å²) >= 11 is 7.17. The molecule has 0 radical (unpaired) electrons. The summed E-state index contributed by atoms with van der Waals surface area (Å²) in [5, 5.41) is 13.7. The van der Waals surface area contributed by atoms with Crippen LogP contribution in [0.1, 0.15) is 27.7 Å². The highest BCUT2D eigenvalue weighted by Gasteiger charge is 2.18. The van der Waals surface area contributed by atoms with Crippen LogP contribution < -0.4 is 10.7 Å². The molecule has 1 atom stereocenters. The molecule has 0 saturated carbocycles. The molecule has 2 aromatic heterocycles. The number of aromatic nitrogens is 1. The number of hydrogen-bond donors (Lipinski definition) is 3. The molecule has 7 heteroatoms. The Morgan fingerprint density at radius 1 is 1.50 bits per heavy atom. The maximum atomic E-state index is 12.1. The average molecular weight is 313 g/mol. The van der Waals surface area contributed by atoms with Crippen LogP contribution in [0.15, 0.2) is 34.7 Å². The number of aliphatic hydroxyl groups excluding tert-OH is 1. The molecule has 0 saturated heterocycles. The van der Waals surface area contributed by atoms with Crippen molar-refractivity contribution in [3.05, 3.63) is 55.6 Å². The maximum absolute atomic E-state index is 12.1. The van der Waals surface area contributed by atoms with Crippen LogP contribution in [0, 0.1) is 0 Å². The monoisotopic (exact) mass is 312 g/mol. The van der Waals surface area contributed by atoms with E-state index in [4.69, 9.17) is 16.7 Å². The quantitative estimate of drug-likeness (QED) is 0.789. The number of aliphatic hydroxyl groups is 1. The molecule has 0 bridgehead atoms. The number of H-pyrrole nitrogens is 1. The Morgan fingerprint density at radius 2 is 2.30 bits per heavy atom. The van der Waals surface area contributed by atoms with Gasteiger partial charge in [0.2, 0.25) is 5.43 Å². The summed E-state index contributed by atoms with van der Waals surface area (Å²) in [6, 6.07) is 3.40. The highest BCUT2D eigenvalue weighted by Crippen LogP contribution is 2.22. The van der Waals surface area contributed by atoms with Crippen LogP contribution in [0.5, 0.6) is 0 Å². The molecule has 0 aromatic carbocycles. The Balaban J connectivity index is 2.21. The van der Waals surface area contributed by atoms with Crippen molar-refractivity contribution < 1.29 is 9.90 Å². The van der Waals surface area contributed by atoms with Gasteiger partial charge in [-0.2, -0.15) is 0 Å². The number of nitrogens with one attached hydrogen (secondary N) is 2. The molecule has 1 unspecified atom stereocenters. The lowest BCUT2D eigenvalue weighted by atomic mass is 10.1. The van der Waals surface area contributed by atoms with Crippen molar-refractivity contribution in [2.45, 2.75) is 12.5 Å². The molecular weight excluding hydrogens is 300 g/mol. The number of thiophene rings is 1. The van der Waals surface area contributed by atoms with Gasteiger partial charge in [0.1, 0.15) is 10.6 Å². The molecule has 2 rings (SSSR count). The molecule has 0 aliphatic heterocycles. The number of hydrogen-bond acceptors (Lipinski definition) is 4. The predicted molar refractivity (Wildman–Crippen MR) is 78.3 cm³/mol. The summed E-state index contributed by atoms with van der Waals surface area (Å²) < 4.78 is 0. The molecule has 0 spiro atoms. The number of carbonyl (C=O) groups excluding carboxylic acids is 1. The first-order valence-corrected chi connectivity index (χ1v) is 7.21. The third-order valence-electron chi connectivity index (χ3n) is 2.75. The minimum absolute atomic E-state index is 0.0347. The predicted octanol–water partition coefficient (Wildman–Crippen LogP) is 1.94. The second kappa shape index (κ2) is 6.69. The van der Waals surface area contributed by atoms with E-state index in [1.165, 1.54) is 23.7 Å². The van der Waals surface area contributed by atoms with Crippen LogP contribution in [0.2, 0.25) is 5.02 Å². The van der Waals surface area contributed by atoms with Gasteiger partial charge in [-0.25, -0.2) is 0 Å². The Kier molecular flexibility index (Phi) is 4.94. The molecule has 3 N–H and O–H groups in total. The van der Waals surface area contributed by atoms with E-state index in [-0.39, 0.29) is 23.2 Å². The molecule has 0 fully saturated rings. The molecular formula is C13H13ClN2O3S. The fourth-order valence-electron chi connectivity index (χ4n) is 1.77. The molecule has 0 aliphatic rings. The van der Waals surface area contributed by atoms with Gasteiger partial charge in [-0.1, -0.05) is 17.7 Å². The topological polar surface area (TPSA) is 82.2 Å². The maximum Gasteiger partial charge on any atom is 0.257 e. The number of carbonyl (C=O) groups is 1. The van der Waals surface area contributed by atoms with Crippen LogP contribution in [0.25, 0.3) is 0 Å². The lowest BCUT2D eigenvalue weighted by Gasteiger charge is -2.16. The van der Waals surface area contributed by atoms with Crippen molar-refractivity contribution in [2.24, 2.45) is 0 Å². The zero-order valence-electron chi connectivity index (χ0n) is 10.4. The zero-order valence-corrected chi connectivity index (χ0v) is 12.0. The van der Waals surface area contributed by atoms with E-state index in [0.717, 1.165) is 4.88 Å². The molecule has 2 heterocycles. The zero-order chi connectivity index (χ0) is 14.5. The molecule has 1 amide bonds. The summed E-state index contributed by atoms with van der Waals surface area (Å²) in [7, 11) is 0. The molecule has 20 heavy (non-hydrogen) atoms. The van der Waals surface area contributed by atoms with E-state index in [1.807, 2.05) is 17.5 Å². The molecule has 5 nitrogen and oxygen atoms in total. The van der Waals surface area contributed by atoms with Gasteiger partial charge < -0.3 is 15.4 Å². The van der Waals surface area contributed by atoms with Crippen molar-refractivity contribution in [1.29, 1.82) is 0 Å².